The average molecular weight is 1200 g/mol. The van der Waals surface area contributed by atoms with Crippen LogP contribution in [0.25, 0.3) is 17.0 Å². The minimum Gasteiger partial charge on any atom is -0.497 e. The molecule has 2 saturated heterocycles. The van der Waals surface area contributed by atoms with Gasteiger partial charge >= 0.3 is 19.5 Å². The molecule has 0 spiro atoms. The molecule has 2 aliphatic rings. The van der Waals surface area contributed by atoms with E-state index in [2.05, 4.69) is 35.3 Å². The minimum absolute atomic E-state index is 0.0433. The van der Waals surface area contributed by atoms with Crippen molar-refractivity contribution in [3.8, 4) is 23.4 Å². The number of methoxy groups -OCH3 is 2. The SMILES string of the molecule is COc1ccc(C(OC[C@H]2O[C@@H](n3cnc4c(=O)[nH]c(NC(=O)C(C)C)nc43)C[C@@H]2OP(=O)(OCCC#N)OC[C@H]2O[C@@H](n3cc(CSc4ccccc4)c(-n4cncn4)nc3=O)C[C@@H]2OC(C)=O)(c2ccccc2)c2ccc(OC)cc2)cc1. The number of amides is 1. The van der Waals surface area contributed by atoms with E-state index >= 15 is 4.57 Å². The van der Waals surface area contributed by atoms with Crippen LogP contribution in [0.4, 0.5) is 5.95 Å². The zero-order valence-electron chi connectivity index (χ0n) is 46.8. The molecule has 0 radical (unpaired) electrons. The van der Waals surface area contributed by atoms with Gasteiger partial charge in [-0.25, -0.2) is 24.0 Å². The van der Waals surface area contributed by atoms with E-state index in [-0.39, 0.29) is 48.8 Å². The van der Waals surface area contributed by atoms with Gasteiger partial charge in [-0.3, -0.25) is 47.4 Å². The third kappa shape index (κ3) is 13.6. The summed E-state index contributed by atoms with van der Waals surface area (Å²) in [7, 11) is -1.72. The molecule has 4 aromatic carbocycles. The Balaban J connectivity index is 0.992. The van der Waals surface area contributed by atoms with Crippen LogP contribution in [0.15, 0.2) is 149 Å². The number of phosphoric acid groups is 1. The first-order chi connectivity index (χ1) is 41.2. The van der Waals surface area contributed by atoms with Crippen LogP contribution in [-0.2, 0) is 58.0 Å². The van der Waals surface area contributed by atoms with Gasteiger partial charge in [-0.2, -0.15) is 20.3 Å². The first kappa shape index (κ1) is 59.8. The van der Waals surface area contributed by atoms with E-state index in [0.717, 1.165) is 10.5 Å². The quantitative estimate of drug-likeness (QED) is 0.0181. The molecule has 2 aliphatic heterocycles. The van der Waals surface area contributed by atoms with Gasteiger partial charge in [0.1, 0.15) is 66.6 Å². The van der Waals surface area contributed by atoms with Crippen LogP contribution < -0.4 is 26.0 Å². The molecule has 1 unspecified atom stereocenters. The molecule has 0 aliphatic carbocycles. The van der Waals surface area contributed by atoms with E-state index in [1.54, 1.807) is 34.3 Å². The summed E-state index contributed by atoms with van der Waals surface area (Å²) in [6, 6.07) is 35.9. The number of fused-ring (bicyclic) bond motifs is 1. The number of aromatic amines is 1. The van der Waals surface area contributed by atoms with E-state index in [1.165, 1.54) is 51.5 Å². The molecule has 0 bridgehead atoms. The molecule has 27 heteroatoms. The van der Waals surface area contributed by atoms with Crippen LogP contribution in [0, 0.1) is 17.2 Å². The number of carbonyl (C=O) groups excluding carboxylic acids is 2. The van der Waals surface area contributed by atoms with Gasteiger partial charge in [0, 0.05) is 48.1 Å². The second kappa shape index (κ2) is 26.7. The maximum atomic E-state index is 15.4. The highest BCUT2D eigenvalue weighted by Gasteiger charge is 2.48. The molecule has 2 fully saturated rings. The maximum absolute atomic E-state index is 15.4. The van der Waals surface area contributed by atoms with Crippen LogP contribution in [0.5, 0.6) is 11.5 Å². The third-order valence-electron chi connectivity index (χ3n) is 14.0. The Kier molecular flexibility index (Phi) is 18.8. The molecule has 25 nitrogen and oxygen atoms in total. The molecular formula is C58H60N11O14PS. The lowest BCUT2D eigenvalue weighted by molar-refractivity contribution is -0.150. The summed E-state index contributed by atoms with van der Waals surface area (Å²) in [6.45, 7) is 3.32. The topological polar surface area (TPSA) is 299 Å². The average Bonchev–Trinajstić information content (AvgIpc) is 2.43. The molecule has 8 aromatic rings. The summed E-state index contributed by atoms with van der Waals surface area (Å²) in [6.07, 6.45) is -1.42. The number of esters is 1. The number of phosphoric ester groups is 1. The van der Waals surface area contributed by atoms with Crippen LogP contribution >= 0.6 is 19.6 Å². The highest BCUT2D eigenvalue weighted by Crippen LogP contribution is 2.54. The van der Waals surface area contributed by atoms with E-state index in [0.29, 0.717) is 33.9 Å². The van der Waals surface area contributed by atoms with Crippen molar-refractivity contribution >= 4 is 48.6 Å². The Bertz CT molecular complexity index is 3760. The summed E-state index contributed by atoms with van der Waals surface area (Å²) in [5, 5.41) is 16.5. The van der Waals surface area contributed by atoms with Crippen molar-refractivity contribution in [1.82, 2.24) is 43.8 Å². The van der Waals surface area contributed by atoms with E-state index in [4.69, 9.17) is 42.0 Å². The fraction of sp³-hybridized carbons (Fsp3) is 0.345. The van der Waals surface area contributed by atoms with Gasteiger partial charge in [-0.15, -0.1) is 11.8 Å². The highest BCUT2D eigenvalue weighted by molar-refractivity contribution is 7.98. The summed E-state index contributed by atoms with van der Waals surface area (Å²) in [4.78, 5) is 73.8. The number of ether oxygens (including phenoxy) is 6. The predicted octanol–water partition coefficient (Wildman–Crippen LogP) is 7.82. The van der Waals surface area contributed by atoms with E-state index in [9.17, 15) is 24.4 Å². The van der Waals surface area contributed by atoms with Crippen molar-refractivity contribution in [1.29, 1.82) is 5.26 Å². The number of thioether (sulfide) groups is 1. The van der Waals surface area contributed by atoms with Crippen molar-refractivity contribution in [3.63, 3.8) is 0 Å². The normalized spacial score (nSPS) is 19.4. The second-order valence-electron chi connectivity index (χ2n) is 19.9. The third-order valence-corrected chi connectivity index (χ3v) is 16.6. The number of nitriles is 1. The van der Waals surface area contributed by atoms with Gasteiger partial charge < -0.3 is 28.4 Å². The zero-order valence-corrected chi connectivity index (χ0v) is 48.5. The molecular weight excluding hydrogens is 1140 g/mol. The van der Waals surface area contributed by atoms with Gasteiger partial charge in [-0.05, 0) is 53.1 Å². The molecule has 6 heterocycles. The molecule has 442 valence electrons. The van der Waals surface area contributed by atoms with E-state index < -0.39 is 92.6 Å². The molecule has 2 N–H and O–H groups in total. The number of H-pyrrole nitrogens is 1. The lowest BCUT2D eigenvalue weighted by Gasteiger charge is -2.37. The first-order valence-electron chi connectivity index (χ1n) is 27.0. The molecule has 10 rings (SSSR count). The molecule has 7 atom stereocenters. The van der Waals surface area contributed by atoms with Crippen molar-refractivity contribution in [2.75, 3.05) is 39.4 Å². The summed E-state index contributed by atoms with van der Waals surface area (Å²) in [5.41, 5.74) is -0.0536. The van der Waals surface area contributed by atoms with E-state index in [1.807, 2.05) is 115 Å². The number of imidazole rings is 1. The Hall–Kier alpha value is -8.38. The van der Waals surface area contributed by atoms with Gasteiger partial charge in [0.2, 0.25) is 11.9 Å². The number of nitrogens with zero attached hydrogens (tertiary/aromatic N) is 9. The lowest BCUT2D eigenvalue weighted by atomic mass is 9.80. The monoisotopic (exact) mass is 1200 g/mol. The number of aromatic nitrogens is 9. The predicted molar refractivity (Wildman–Crippen MR) is 307 cm³/mol. The van der Waals surface area contributed by atoms with Crippen molar-refractivity contribution in [2.45, 2.75) is 93.2 Å². The van der Waals surface area contributed by atoms with Crippen molar-refractivity contribution in [2.24, 2.45) is 5.92 Å². The van der Waals surface area contributed by atoms with Crippen molar-refractivity contribution in [3.05, 3.63) is 177 Å². The number of anilines is 1. The number of nitrogens with one attached hydrogen (secondary N) is 2. The Morgan fingerprint density at radius 2 is 1.47 bits per heavy atom. The van der Waals surface area contributed by atoms with Gasteiger partial charge in [-0.1, -0.05) is 86.6 Å². The van der Waals surface area contributed by atoms with Gasteiger partial charge in [0.25, 0.3) is 5.56 Å². The fourth-order valence-corrected chi connectivity index (χ4v) is 12.1. The number of rotatable bonds is 25. The smallest absolute Gasteiger partial charge is 0.475 e. The van der Waals surface area contributed by atoms with Gasteiger partial charge in [0.15, 0.2) is 17.0 Å². The van der Waals surface area contributed by atoms with Crippen LogP contribution in [0.2, 0.25) is 0 Å². The van der Waals surface area contributed by atoms with Crippen LogP contribution in [0.3, 0.4) is 0 Å². The van der Waals surface area contributed by atoms with Gasteiger partial charge in [0.05, 0.1) is 52.9 Å². The fourth-order valence-electron chi connectivity index (χ4n) is 9.86. The Morgan fingerprint density at radius 1 is 0.835 bits per heavy atom. The molecule has 0 saturated carbocycles. The number of hydrogen-bond acceptors (Lipinski definition) is 21. The molecule has 1 amide bonds. The maximum Gasteiger partial charge on any atom is 0.475 e. The largest absolute Gasteiger partial charge is 0.497 e. The lowest BCUT2D eigenvalue weighted by Crippen LogP contribution is -2.38. The van der Waals surface area contributed by atoms with Crippen LogP contribution in [0.1, 0.15) is 74.7 Å². The first-order valence-corrected chi connectivity index (χ1v) is 29.5. The van der Waals surface area contributed by atoms with Crippen molar-refractivity contribution < 1.29 is 56.1 Å². The van der Waals surface area contributed by atoms with Crippen LogP contribution in [-0.4, -0.2) is 114 Å². The minimum atomic E-state index is -4.86. The second-order valence-corrected chi connectivity index (χ2v) is 22.6. The number of carbonyl (C=O) groups is 2. The summed E-state index contributed by atoms with van der Waals surface area (Å²) in [5.74, 6) is 0.165. The summed E-state index contributed by atoms with van der Waals surface area (Å²) >= 11 is 1.50. The molecule has 85 heavy (non-hydrogen) atoms. The Labute approximate surface area is 491 Å². The number of benzene rings is 4. The number of hydrogen-bond donors (Lipinski definition) is 2. The summed E-state index contributed by atoms with van der Waals surface area (Å²) < 4.78 is 75.7. The Morgan fingerprint density at radius 3 is 2.09 bits per heavy atom. The highest BCUT2D eigenvalue weighted by atomic mass is 32.2. The molecule has 4 aromatic heterocycles. The standard InChI is InChI=1S/C58H60N11O14PS/c1-36(2)54(71)65-56-63-53-51(55(72)66-56)61-35-68(53)50-28-46(47(81-50)30-77-58(39-13-8-6-9-14-39,40-17-21-42(75-4)22-18-40)41-19-23-43(76-5)24-20-41)83-84(74,78-26-12-25-59)79-31-48-45(80-37(3)70)27-49(82-48)67-29-38(32-85-44-15-10-7-11-16-44)52(64-57(67)73)69-34-60-33-62-69/h6-11,13-24,29,33-36,45-50H,12,26-28,30-32H2,1-5H3,(H2,63,65,66,71,72)/t45-,46-,47+,48+,49+,50+,84?/m0/s1. The zero-order chi connectivity index (χ0) is 59.7.